The van der Waals surface area contributed by atoms with Crippen molar-refractivity contribution in [3.8, 4) is 0 Å². The van der Waals surface area contributed by atoms with E-state index in [1.165, 1.54) is 0 Å². The zero-order chi connectivity index (χ0) is 5.98. The molecule has 0 heterocycles. The lowest BCUT2D eigenvalue weighted by Crippen LogP contribution is -2.10. The minimum Gasteiger partial charge on any atom is -0.247 e. The van der Waals surface area contributed by atoms with Crippen LogP contribution in [0, 0.1) is 0 Å². The van der Waals surface area contributed by atoms with Gasteiger partial charge in [-0.1, -0.05) is 18.7 Å². The van der Waals surface area contributed by atoms with E-state index in [0.717, 1.165) is 12.8 Å². The predicted molar refractivity (Wildman–Crippen MR) is 32.9 cm³/mol. The first-order chi connectivity index (χ1) is 3.79. The summed E-state index contributed by atoms with van der Waals surface area (Å²) in [6.07, 6.45) is 2.56. The molecule has 0 unspecified atom stereocenters. The summed E-state index contributed by atoms with van der Waals surface area (Å²) in [7, 11) is 5.53. The average molecular weight is 112 g/mol. The number of halogens is 1. The van der Waals surface area contributed by atoms with E-state index in [-0.39, 0.29) is 5.82 Å². The molecule has 0 aromatic rings. The fourth-order valence-electron chi connectivity index (χ4n) is 1.08. The number of alkyl halides is 1. The molecule has 0 N–H and O–H groups in total. The summed E-state index contributed by atoms with van der Waals surface area (Å²) in [4.78, 5) is 0. The molecule has 2 heteroatoms. The maximum Gasteiger partial charge on any atom is 0.100 e. The van der Waals surface area contributed by atoms with Crippen molar-refractivity contribution in [1.29, 1.82) is 0 Å². The minimum absolute atomic E-state index is 0.280. The lowest BCUT2D eigenvalue weighted by Gasteiger charge is -2.20. The van der Waals surface area contributed by atoms with Crippen LogP contribution < -0.4 is 0 Å². The van der Waals surface area contributed by atoms with Gasteiger partial charge in [0.2, 0.25) is 0 Å². The van der Waals surface area contributed by atoms with Crippen LogP contribution in [0.25, 0.3) is 0 Å². The van der Waals surface area contributed by atoms with Crippen molar-refractivity contribution in [2.45, 2.75) is 37.7 Å². The maximum atomic E-state index is 12.3. The van der Waals surface area contributed by atoms with Crippen LogP contribution in [0.5, 0.6) is 0 Å². The molecule has 2 radical (unpaired) electrons. The van der Waals surface area contributed by atoms with Crippen LogP contribution in [-0.4, -0.2) is 14.0 Å². The summed E-state index contributed by atoms with van der Waals surface area (Å²) in [5.41, 5.74) is 0. The van der Waals surface area contributed by atoms with Crippen molar-refractivity contribution >= 4 is 7.85 Å². The Kier molecular flexibility index (Phi) is 1.93. The smallest absolute Gasteiger partial charge is 0.100 e. The summed E-state index contributed by atoms with van der Waals surface area (Å²) in [6.45, 7) is 0. The molecule has 0 aliphatic heterocycles. The standard InChI is InChI=1S/C6H10BF/c7-5-1-3-6(8)4-2-5/h5-6H,1-4H2. The highest BCUT2D eigenvalue weighted by Crippen LogP contribution is 2.27. The van der Waals surface area contributed by atoms with Crippen molar-refractivity contribution in [3.63, 3.8) is 0 Å². The lowest BCUT2D eigenvalue weighted by molar-refractivity contribution is 0.251. The quantitative estimate of drug-likeness (QED) is 0.419. The Hall–Kier alpha value is -0.00506. The van der Waals surface area contributed by atoms with Crippen LogP contribution in [0.4, 0.5) is 4.39 Å². The van der Waals surface area contributed by atoms with E-state index in [9.17, 15) is 4.39 Å². The average Bonchev–Trinajstić information content (AvgIpc) is 1.77. The molecule has 0 spiro atoms. The van der Waals surface area contributed by atoms with Gasteiger partial charge in [0.25, 0.3) is 0 Å². The molecule has 0 atom stereocenters. The topological polar surface area (TPSA) is 0 Å². The molecule has 44 valence electrons. The molecule has 0 aromatic carbocycles. The lowest BCUT2D eigenvalue weighted by atomic mass is 9.75. The molecule has 0 bridgehead atoms. The molecular weight excluding hydrogens is 102 g/mol. The van der Waals surface area contributed by atoms with Crippen LogP contribution in [-0.2, 0) is 0 Å². The predicted octanol–water partition coefficient (Wildman–Crippen LogP) is 1.86. The zero-order valence-electron chi connectivity index (χ0n) is 4.94. The van der Waals surface area contributed by atoms with E-state index < -0.39 is 6.17 Å². The largest absolute Gasteiger partial charge is 0.247 e. The Morgan fingerprint density at radius 3 is 2.00 bits per heavy atom. The first-order valence-electron chi connectivity index (χ1n) is 3.18. The van der Waals surface area contributed by atoms with Crippen molar-refractivity contribution in [3.05, 3.63) is 0 Å². The first-order valence-corrected chi connectivity index (χ1v) is 3.18. The summed E-state index contributed by atoms with van der Waals surface area (Å²) in [6, 6.07) is 0. The monoisotopic (exact) mass is 112 g/mol. The van der Waals surface area contributed by atoms with E-state index in [4.69, 9.17) is 7.85 Å². The normalized spacial score (nSPS) is 39.6. The number of rotatable bonds is 0. The SMILES string of the molecule is [B]C1CCC(F)CC1. The van der Waals surface area contributed by atoms with Crippen molar-refractivity contribution in [1.82, 2.24) is 0 Å². The van der Waals surface area contributed by atoms with Crippen molar-refractivity contribution < 1.29 is 4.39 Å². The van der Waals surface area contributed by atoms with Crippen LogP contribution in [0.1, 0.15) is 25.7 Å². The molecule has 0 saturated heterocycles. The van der Waals surface area contributed by atoms with Gasteiger partial charge in [-0.15, -0.1) is 0 Å². The highest BCUT2D eigenvalue weighted by molar-refractivity contribution is 6.11. The van der Waals surface area contributed by atoms with Gasteiger partial charge in [0.1, 0.15) is 6.17 Å². The van der Waals surface area contributed by atoms with Crippen molar-refractivity contribution in [2.24, 2.45) is 0 Å². The highest BCUT2D eigenvalue weighted by atomic mass is 19.1. The van der Waals surface area contributed by atoms with E-state index in [2.05, 4.69) is 0 Å². The van der Waals surface area contributed by atoms with Gasteiger partial charge in [-0.05, 0) is 12.8 Å². The summed E-state index contributed by atoms with van der Waals surface area (Å²) in [5, 5.41) is 0. The molecule has 1 fully saturated rings. The van der Waals surface area contributed by atoms with Gasteiger partial charge >= 0.3 is 0 Å². The van der Waals surface area contributed by atoms with Crippen LogP contribution in [0.2, 0.25) is 5.82 Å². The van der Waals surface area contributed by atoms with Crippen LogP contribution >= 0.6 is 0 Å². The van der Waals surface area contributed by atoms with Gasteiger partial charge in [-0.2, -0.15) is 0 Å². The Bertz CT molecular complexity index is 56.9. The Morgan fingerprint density at radius 2 is 1.62 bits per heavy atom. The molecule has 0 amide bonds. The van der Waals surface area contributed by atoms with Gasteiger partial charge in [0.15, 0.2) is 0 Å². The van der Waals surface area contributed by atoms with Crippen LogP contribution in [0.15, 0.2) is 0 Å². The van der Waals surface area contributed by atoms with Gasteiger partial charge in [0.05, 0.1) is 7.85 Å². The first kappa shape index (κ1) is 6.12. The third-order valence-corrected chi connectivity index (χ3v) is 1.70. The molecule has 8 heavy (non-hydrogen) atoms. The molecule has 1 aliphatic rings. The Balaban J connectivity index is 2.19. The van der Waals surface area contributed by atoms with Gasteiger partial charge in [-0.25, -0.2) is 4.39 Å². The summed E-state index contributed by atoms with van der Waals surface area (Å²) in [5.74, 6) is 0.280. The second kappa shape index (κ2) is 2.52. The molecule has 1 aliphatic carbocycles. The summed E-state index contributed by atoms with van der Waals surface area (Å²) >= 11 is 0. The number of hydrogen-bond donors (Lipinski definition) is 0. The second-order valence-corrected chi connectivity index (χ2v) is 2.51. The minimum atomic E-state index is -0.560. The fourth-order valence-corrected chi connectivity index (χ4v) is 1.08. The van der Waals surface area contributed by atoms with Crippen molar-refractivity contribution in [2.75, 3.05) is 0 Å². The van der Waals surface area contributed by atoms with Gasteiger partial charge in [-0.3, -0.25) is 0 Å². The zero-order valence-corrected chi connectivity index (χ0v) is 4.94. The molecule has 1 saturated carbocycles. The summed E-state index contributed by atoms with van der Waals surface area (Å²) < 4.78 is 12.3. The van der Waals surface area contributed by atoms with E-state index in [1.807, 2.05) is 0 Å². The molecule has 0 aromatic heterocycles. The highest BCUT2D eigenvalue weighted by Gasteiger charge is 2.15. The Labute approximate surface area is 50.9 Å². The van der Waals surface area contributed by atoms with Crippen LogP contribution in [0.3, 0.4) is 0 Å². The van der Waals surface area contributed by atoms with E-state index >= 15 is 0 Å². The fraction of sp³-hybridized carbons (Fsp3) is 1.00. The third kappa shape index (κ3) is 1.50. The van der Waals surface area contributed by atoms with Gasteiger partial charge < -0.3 is 0 Å². The third-order valence-electron chi connectivity index (χ3n) is 1.70. The maximum absolute atomic E-state index is 12.3. The molecule has 0 nitrogen and oxygen atoms in total. The Morgan fingerprint density at radius 1 is 1.12 bits per heavy atom. The van der Waals surface area contributed by atoms with E-state index in [1.54, 1.807) is 0 Å². The van der Waals surface area contributed by atoms with Gasteiger partial charge in [0, 0.05) is 0 Å². The second-order valence-electron chi connectivity index (χ2n) is 2.51. The molecular formula is C6H10BF. The number of hydrogen-bond acceptors (Lipinski definition) is 0. The molecule has 1 rings (SSSR count). The van der Waals surface area contributed by atoms with E-state index in [0.29, 0.717) is 12.8 Å².